The van der Waals surface area contributed by atoms with Gasteiger partial charge in [-0.1, -0.05) is 23.7 Å². The molecular formula is C15H21N3O3. The molecule has 0 radical (unpaired) electrons. The Hall–Kier alpha value is -2.24. The minimum absolute atomic E-state index is 0.00631. The summed E-state index contributed by atoms with van der Waals surface area (Å²) < 4.78 is 5.11. The normalized spacial score (nSPS) is 18.5. The first-order valence-electron chi connectivity index (χ1n) is 6.96. The van der Waals surface area contributed by atoms with Crippen LogP contribution in [0.3, 0.4) is 0 Å². The molecule has 2 rings (SSSR count). The van der Waals surface area contributed by atoms with Gasteiger partial charge in [0.25, 0.3) is 0 Å². The fraction of sp³-hybridized carbons (Fsp3) is 0.467. The number of nitrogens with zero attached hydrogens (tertiary/aromatic N) is 1. The third-order valence-corrected chi connectivity index (χ3v) is 4.20. The van der Waals surface area contributed by atoms with Crippen LogP contribution < -0.4 is 15.8 Å². The molecule has 6 nitrogen and oxygen atoms in total. The van der Waals surface area contributed by atoms with Crippen LogP contribution in [0.25, 0.3) is 0 Å². The Morgan fingerprint density at radius 3 is 2.48 bits per heavy atom. The number of ether oxygens (including phenoxy) is 1. The van der Waals surface area contributed by atoms with Crippen molar-refractivity contribution in [1.29, 1.82) is 0 Å². The van der Waals surface area contributed by atoms with Gasteiger partial charge in [-0.2, -0.15) is 0 Å². The molecule has 1 aliphatic rings. The average Bonchev–Trinajstić information content (AvgIpc) is 2.45. The van der Waals surface area contributed by atoms with Crippen LogP contribution in [0.1, 0.15) is 37.8 Å². The van der Waals surface area contributed by atoms with E-state index in [2.05, 4.69) is 10.5 Å². The van der Waals surface area contributed by atoms with Gasteiger partial charge in [0, 0.05) is 0 Å². The van der Waals surface area contributed by atoms with Gasteiger partial charge in [-0.15, -0.1) is 0 Å². The molecule has 0 saturated heterocycles. The molecule has 1 saturated carbocycles. The van der Waals surface area contributed by atoms with Crippen molar-refractivity contribution in [2.75, 3.05) is 7.11 Å². The number of carbonyl (C=O) groups excluding carboxylic acids is 1. The first-order valence-corrected chi connectivity index (χ1v) is 6.96. The van der Waals surface area contributed by atoms with Crippen LogP contribution in [0, 0.1) is 5.41 Å². The number of carbonyl (C=O) groups is 1. The number of nitrogens with one attached hydrogen (secondary N) is 1. The van der Waals surface area contributed by atoms with Gasteiger partial charge in [0.2, 0.25) is 5.91 Å². The Morgan fingerprint density at radius 1 is 1.43 bits per heavy atom. The number of amides is 1. The van der Waals surface area contributed by atoms with E-state index in [4.69, 9.17) is 15.7 Å². The minimum Gasteiger partial charge on any atom is -0.497 e. The van der Waals surface area contributed by atoms with Gasteiger partial charge >= 0.3 is 0 Å². The van der Waals surface area contributed by atoms with Gasteiger partial charge in [-0.05, 0) is 37.5 Å². The van der Waals surface area contributed by atoms with E-state index in [1.165, 1.54) is 0 Å². The quantitative estimate of drug-likeness (QED) is 0.333. The number of methoxy groups -OCH3 is 1. The Kier molecular flexibility index (Phi) is 4.35. The molecule has 0 heterocycles. The molecule has 0 bridgehead atoms. The van der Waals surface area contributed by atoms with Crippen molar-refractivity contribution in [2.24, 2.45) is 16.3 Å². The van der Waals surface area contributed by atoms with E-state index in [9.17, 15) is 4.79 Å². The molecule has 0 aliphatic heterocycles. The van der Waals surface area contributed by atoms with Crippen LogP contribution in [-0.2, 0) is 4.79 Å². The van der Waals surface area contributed by atoms with Crippen LogP contribution >= 0.6 is 0 Å². The topological polar surface area (TPSA) is 96.9 Å². The summed E-state index contributed by atoms with van der Waals surface area (Å²) in [6, 6.07) is 7.34. The molecule has 0 spiro atoms. The molecule has 6 heteroatoms. The van der Waals surface area contributed by atoms with Gasteiger partial charge < -0.3 is 21.0 Å². The van der Waals surface area contributed by atoms with Crippen molar-refractivity contribution in [3.63, 3.8) is 0 Å². The van der Waals surface area contributed by atoms with Gasteiger partial charge in [0.1, 0.15) is 11.2 Å². The smallest absolute Gasteiger partial charge is 0.234 e. The maximum absolute atomic E-state index is 12.4. The maximum atomic E-state index is 12.4. The zero-order valence-corrected chi connectivity index (χ0v) is 12.3. The van der Waals surface area contributed by atoms with Crippen molar-refractivity contribution in [2.45, 2.75) is 32.2 Å². The highest BCUT2D eigenvalue weighted by atomic mass is 16.5. The summed E-state index contributed by atoms with van der Waals surface area (Å²) in [6.45, 7) is 1.90. The average molecular weight is 291 g/mol. The van der Waals surface area contributed by atoms with Gasteiger partial charge in [-0.3, -0.25) is 4.79 Å². The molecule has 1 aromatic rings. The summed E-state index contributed by atoms with van der Waals surface area (Å²) in [5, 5.41) is 14.8. The highest BCUT2D eigenvalue weighted by Gasteiger charge is 2.48. The lowest BCUT2D eigenvalue weighted by Crippen LogP contribution is -2.54. The van der Waals surface area contributed by atoms with Crippen LogP contribution in [-0.4, -0.2) is 24.1 Å². The number of hydrogen-bond acceptors (Lipinski definition) is 4. The first-order chi connectivity index (χ1) is 10.0. The number of amidine groups is 1. The Labute approximate surface area is 124 Å². The number of benzene rings is 1. The van der Waals surface area contributed by atoms with E-state index >= 15 is 0 Å². The molecule has 21 heavy (non-hydrogen) atoms. The van der Waals surface area contributed by atoms with E-state index < -0.39 is 5.41 Å². The van der Waals surface area contributed by atoms with Crippen molar-refractivity contribution >= 4 is 11.7 Å². The van der Waals surface area contributed by atoms with Gasteiger partial charge in [-0.25, -0.2) is 0 Å². The molecule has 1 atom stereocenters. The zero-order valence-electron chi connectivity index (χ0n) is 12.3. The van der Waals surface area contributed by atoms with Crippen LogP contribution in [0.4, 0.5) is 0 Å². The Morgan fingerprint density at radius 2 is 2.05 bits per heavy atom. The summed E-state index contributed by atoms with van der Waals surface area (Å²) in [6.07, 6.45) is 2.13. The molecule has 114 valence electrons. The summed E-state index contributed by atoms with van der Waals surface area (Å²) in [5.74, 6) is 0.574. The summed E-state index contributed by atoms with van der Waals surface area (Å²) >= 11 is 0. The van der Waals surface area contributed by atoms with E-state index in [1.807, 2.05) is 31.2 Å². The molecule has 1 fully saturated rings. The lowest BCUT2D eigenvalue weighted by molar-refractivity contribution is -0.131. The van der Waals surface area contributed by atoms with Gasteiger partial charge in [0.15, 0.2) is 5.84 Å². The number of rotatable bonds is 5. The molecule has 4 N–H and O–H groups in total. The molecule has 1 unspecified atom stereocenters. The standard InChI is InChI=1S/C15H21N3O3/c1-10(11-4-6-12(21-2)7-5-11)17-14(19)15(8-3-9-15)13(16)18-20/h4-7,10,20H,3,8-9H2,1-2H3,(H2,16,18)(H,17,19). The highest BCUT2D eigenvalue weighted by molar-refractivity contribution is 6.07. The van der Waals surface area contributed by atoms with E-state index in [-0.39, 0.29) is 17.8 Å². The van der Waals surface area contributed by atoms with E-state index in [0.29, 0.717) is 12.8 Å². The molecular weight excluding hydrogens is 270 g/mol. The van der Waals surface area contributed by atoms with E-state index in [1.54, 1.807) is 7.11 Å². The number of hydrogen-bond donors (Lipinski definition) is 3. The second kappa shape index (κ2) is 6.03. The summed E-state index contributed by atoms with van der Waals surface area (Å²) in [7, 11) is 1.61. The zero-order chi connectivity index (χ0) is 15.5. The minimum atomic E-state index is -0.852. The van der Waals surface area contributed by atoms with Crippen LogP contribution in [0.5, 0.6) is 5.75 Å². The predicted molar refractivity (Wildman–Crippen MR) is 79.2 cm³/mol. The Balaban J connectivity index is 2.07. The fourth-order valence-electron chi connectivity index (χ4n) is 2.54. The largest absolute Gasteiger partial charge is 0.497 e. The number of nitrogens with two attached hydrogens (primary N) is 1. The summed E-state index contributed by atoms with van der Waals surface area (Å²) in [5.41, 5.74) is 5.81. The molecule has 1 amide bonds. The van der Waals surface area contributed by atoms with Crippen molar-refractivity contribution < 1.29 is 14.7 Å². The second-order valence-electron chi connectivity index (χ2n) is 5.39. The third-order valence-electron chi connectivity index (χ3n) is 4.20. The van der Waals surface area contributed by atoms with Crippen molar-refractivity contribution in [1.82, 2.24) is 5.32 Å². The summed E-state index contributed by atoms with van der Waals surface area (Å²) in [4.78, 5) is 12.4. The molecule has 0 aromatic heterocycles. The Bertz CT molecular complexity index is 536. The third kappa shape index (κ3) is 2.79. The van der Waals surface area contributed by atoms with E-state index in [0.717, 1.165) is 17.7 Å². The highest BCUT2D eigenvalue weighted by Crippen LogP contribution is 2.41. The first kappa shape index (κ1) is 15.2. The van der Waals surface area contributed by atoms with Crippen molar-refractivity contribution in [3.05, 3.63) is 29.8 Å². The fourth-order valence-corrected chi connectivity index (χ4v) is 2.54. The number of oxime groups is 1. The monoisotopic (exact) mass is 291 g/mol. The van der Waals surface area contributed by atoms with Crippen LogP contribution in [0.15, 0.2) is 29.4 Å². The SMILES string of the molecule is COc1ccc(C(C)NC(=O)C2(/C(N)=N/O)CCC2)cc1. The molecule has 1 aliphatic carbocycles. The maximum Gasteiger partial charge on any atom is 0.234 e. The second-order valence-corrected chi connectivity index (χ2v) is 5.39. The van der Waals surface area contributed by atoms with Crippen molar-refractivity contribution in [3.8, 4) is 5.75 Å². The predicted octanol–water partition coefficient (Wildman–Crippen LogP) is 1.79. The van der Waals surface area contributed by atoms with Crippen LogP contribution in [0.2, 0.25) is 0 Å². The lowest BCUT2D eigenvalue weighted by Gasteiger charge is -2.39. The van der Waals surface area contributed by atoms with Gasteiger partial charge in [0.05, 0.1) is 13.2 Å². The molecule has 1 aromatic carbocycles. The lowest BCUT2D eigenvalue weighted by atomic mass is 9.67.